The first-order chi connectivity index (χ1) is 42.3. The molecule has 0 amide bonds. The highest BCUT2D eigenvalue weighted by Crippen LogP contribution is 2.55. The van der Waals surface area contributed by atoms with E-state index in [1.165, 1.54) is 192 Å². The van der Waals surface area contributed by atoms with Crippen molar-refractivity contribution < 1.29 is 0 Å². The molecule has 4 heteroatoms. The van der Waals surface area contributed by atoms with Gasteiger partial charge in [0.2, 0.25) is 0 Å². The van der Waals surface area contributed by atoms with E-state index < -0.39 is 0 Å². The first-order valence-electron chi connectivity index (χ1n) is 32.1. The van der Waals surface area contributed by atoms with Crippen LogP contribution in [0.15, 0.2) is 206 Å². The molecule has 0 saturated heterocycles. The van der Waals surface area contributed by atoms with E-state index in [4.69, 9.17) is 0 Å². The average molecular weight is 1120 g/mol. The van der Waals surface area contributed by atoms with E-state index in [0.717, 1.165) is 38.5 Å². The molecule has 86 heavy (non-hydrogen) atoms. The molecule has 2 aliphatic rings. The first-order valence-corrected chi connectivity index (χ1v) is 32.1. The lowest BCUT2D eigenvalue weighted by Gasteiger charge is -2.34. The van der Waals surface area contributed by atoms with Crippen LogP contribution in [-0.2, 0) is 38.5 Å². The topological polar surface area (TPSA) is 16.3 Å². The number of fused-ring (bicyclic) bond motifs is 8. The monoisotopic (exact) mass is 1110 g/mol. The second-order valence-electron chi connectivity index (χ2n) is 25.4. The fraction of sp³-hybridized carbons (Fsp3) is 0.220. The predicted molar refractivity (Wildman–Crippen MR) is 368 cm³/mol. The molecule has 2 heterocycles. The zero-order chi connectivity index (χ0) is 57.9. The van der Waals surface area contributed by atoms with Gasteiger partial charge in [0.15, 0.2) is 0 Å². The van der Waals surface area contributed by atoms with Gasteiger partial charge in [-0.3, -0.25) is 0 Å². The lowest BCUT2D eigenvalue weighted by Crippen LogP contribution is -2.17. The van der Waals surface area contributed by atoms with E-state index in [-0.39, 0.29) is 11.8 Å². The van der Waals surface area contributed by atoms with Crippen LogP contribution in [0.4, 0.5) is 34.1 Å². The molecule has 16 rings (SSSR count). The number of aromatic nitrogens is 2. The van der Waals surface area contributed by atoms with E-state index in [2.05, 4.69) is 267 Å². The number of hydrogen-bond donors (Lipinski definition) is 0. The minimum Gasteiger partial charge on any atom is -0.309 e. The Bertz CT molecular complexity index is 4660. The van der Waals surface area contributed by atoms with Gasteiger partial charge in [0.25, 0.3) is 0 Å². The van der Waals surface area contributed by atoms with Gasteiger partial charge in [-0.15, -0.1) is 0 Å². The van der Waals surface area contributed by atoms with Crippen LogP contribution in [0, 0.1) is 0 Å². The van der Waals surface area contributed by atoms with Crippen molar-refractivity contribution in [3.05, 3.63) is 251 Å². The van der Waals surface area contributed by atoms with Crippen molar-refractivity contribution in [2.75, 3.05) is 9.80 Å². The van der Waals surface area contributed by atoms with Gasteiger partial charge >= 0.3 is 0 Å². The summed E-state index contributed by atoms with van der Waals surface area (Å²) >= 11 is 0. The molecule has 0 N–H and O–H groups in total. The number of anilines is 6. The number of aryl methyl sites for hydroxylation is 4. The molecule has 0 spiro atoms. The molecule has 2 aromatic heterocycles. The highest BCUT2D eigenvalue weighted by Gasteiger charge is 2.32. The van der Waals surface area contributed by atoms with Crippen LogP contribution in [0.5, 0.6) is 0 Å². The highest BCUT2D eigenvalue weighted by molar-refractivity contribution is 6.30. The van der Waals surface area contributed by atoms with Gasteiger partial charge in [-0.05, 0) is 227 Å². The molecule has 0 unspecified atom stereocenters. The summed E-state index contributed by atoms with van der Waals surface area (Å²) in [4.78, 5) is 5.45. The number of para-hydroxylation sites is 2. The van der Waals surface area contributed by atoms with Crippen molar-refractivity contribution in [1.29, 1.82) is 0 Å². The Kier molecular flexibility index (Phi) is 12.7. The molecule has 0 bridgehead atoms. The van der Waals surface area contributed by atoms with Crippen LogP contribution in [0.2, 0.25) is 0 Å². The summed E-state index contributed by atoms with van der Waals surface area (Å²) in [5.41, 5.74) is 26.1. The summed E-state index contributed by atoms with van der Waals surface area (Å²) in [6.45, 7) is 14.1. The van der Waals surface area contributed by atoms with Gasteiger partial charge in [0.05, 0.1) is 44.8 Å². The second-order valence-corrected chi connectivity index (χ2v) is 25.4. The SMILES string of the molecule is CCc1ccc(-n2c3ccccc3c3c(N(c4cccc5c4CCCC5)c4cc(C(C)C)c5ccc6c(N(c7cccc8c7CCCC8)c7cccc8c7c7ccccc7n8-c7ccc(CC)cc7)cc(C(C)C)c7ccc4c5c76)cccc32)cc1. The quantitative estimate of drug-likeness (QED) is 0.113. The van der Waals surface area contributed by atoms with E-state index in [1.54, 1.807) is 0 Å². The van der Waals surface area contributed by atoms with Crippen LogP contribution < -0.4 is 9.80 Å². The normalized spacial score (nSPS) is 13.6. The molecule has 0 atom stereocenters. The Balaban J connectivity index is 1.02. The van der Waals surface area contributed by atoms with Crippen molar-refractivity contribution in [3.8, 4) is 11.4 Å². The van der Waals surface area contributed by atoms with Crippen molar-refractivity contribution >= 4 is 110 Å². The molecule has 2 aliphatic carbocycles. The fourth-order valence-electron chi connectivity index (χ4n) is 15.7. The Labute approximate surface area is 505 Å². The Morgan fingerprint density at radius 1 is 0.326 bits per heavy atom. The van der Waals surface area contributed by atoms with Crippen molar-refractivity contribution in [1.82, 2.24) is 9.13 Å². The maximum atomic E-state index is 2.72. The third-order valence-electron chi connectivity index (χ3n) is 19.9. The fourth-order valence-corrected chi connectivity index (χ4v) is 15.7. The van der Waals surface area contributed by atoms with Crippen LogP contribution in [0.25, 0.3) is 87.3 Å². The van der Waals surface area contributed by atoms with Gasteiger partial charge in [0, 0.05) is 55.1 Å². The number of benzene rings is 12. The summed E-state index contributed by atoms with van der Waals surface area (Å²) in [7, 11) is 0. The molecule has 0 aliphatic heterocycles. The molecule has 12 aromatic carbocycles. The van der Waals surface area contributed by atoms with Crippen LogP contribution in [-0.4, -0.2) is 9.13 Å². The van der Waals surface area contributed by atoms with Crippen LogP contribution in [0.1, 0.15) is 124 Å². The molecule has 14 aromatic rings. The molecular formula is C82H74N4. The third-order valence-corrected chi connectivity index (χ3v) is 19.9. The van der Waals surface area contributed by atoms with Gasteiger partial charge in [-0.1, -0.05) is 163 Å². The smallest absolute Gasteiger partial charge is 0.0562 e. The second kappa shape index (κ2) is 20.8. The molecule has 0 radical (unpaired) electrons. The van der Waals surface area contributed by atoms with Crippen molar-refractivity contribution in [2.24, 2.45) is 0 Å². The first kappa shape index (κ1) is 52.4. The lowest BCUT2D eigenvalue weighted by molar-refractivity contribution is 0.686. The van der Waals surface area contributed by atoms with E-state index in [1.807, 2.05) is 0 Å². The van der Waals surface area contributed by atoms with Crippen molar-refractivity contribution in [3.63, 3.8) is 0 Å². The molecule has 4 nitrogen and oxygen atoms in total. The molecule has 0 saturated carbocycles. The summed E-state index contributed by atoms with van der Waals surface area (Å²) in [6.07, 6.45) is 11.2. The van der Waals surface area contributed by atoms with E-state index in [0.29, 0.717) is 0 Å². The molecule has 0 fully saturated rings. The van der Waals surface area contributed by atoms with Crippen LogP contribution in [0.3, 0.4) is 0 Å². The van der Waals surface area contributed by atoms with E-state index >= 15 is 0 Å². The number of hydrogen-bond acceptors (Lipinski definition) is 2. The van der Waals surface area contributed by atoms with Gasteiger partial charge in [-0.25, -0.2) is 0 Å². The summed E-state index contributed by atoms with van der Waals surface area (Å²) in [6, 6.07) is 80.4. The molecule has 422 valence electrons. The standard InChI is InChI=1S/C82H74N4/c1-7-53-37-41-57(42-38-53)83-71-29-15-13-27-63(71)81-73(83)33-19-35-75(81)85(69-31-17-23-55-21-9-11-25-59(55)69)77-49-67(51(3)4)61-46-48-66-78(50-68(52(5)6)62-45-47-65(77)79(61)80(62)66)86(70-32-18-24-56-22-10-12-26-60(56)70)76-36-20-34-74-82(76)64-28-14-16-30-72(64)84(74)58-43-39-54(8-2)40-44-58/h13-20,23-24,27-52H,7-12,21-22,25-26H2,1-6H3. The summed E-state index contributed by atoms with van der Waals surface area (Å²) in [5.74, 6) is 0.497. The number of rotatable bonds is 12. The van der Waals surface area contributed by atoms with Gasteiger partial charge in [0.1, 0.15) is 0 Å². The summed E-state index contributed by atoms with van der Waals surface area (Å²) in [5, 5.41) is 13.0. The van der Waals surface area contributed by atoms with E-state index in [9.17, 15) is 0 Å². The van der Waals surface area contributed by atoms with Crippen molar-refractivity contribution in [2.45, 2.75) is 118 Å². The van der Waals surface area contributed by atoms with Gasteiger partial charge in [-0.2, -0.15) is 0 Å². The Morgan fingerprint density at radius 3 is 1.12 bits per heavy atom. The zero-order valence-corrected chi connectivity index (χ0v) is 50.6. The zero-order valence-electron chi connectivity index (χ0n) is 50.6. The lowest BCUT2D eigenvalue weighted by atomic mass is 9.83. The summed E-state index contributed by atoms with van der Waals surface area (Å²) < 4.78 is 5.00. The maximum absolute atomic E-state index is 2.72. The predicted octanol–water partition coefficient (Wildman–Crippen LogP) is 22.8. The minimum absolute atomic E-state index is 0.248. The Morgan fingerprint density at radius 2 is 0.698 bits per heavy atom. The average Bonchev–Trinajstić information content (AvgIpc) is 1.09. The van der Waals surface area contributed by atoms with Crippen LogP contribution >= 0.6 is 0 Å². The Hall–Kier alpha value is -9.12. The van der Waals surface area contributed by atoms with Gasteiger partial charge < -0.3 is 18.9 Å². The maximum Gasteiger partial charge on any atom is 0.0562 e. The third kappa shape index (κ3) is 8.08. The largest absolute Gasteiger partial charge is 0.309 e. The number of nitrogens with zero attached hydrogens (tertiary/aromatic N) is 4. The molecular weight excluding hydrogens is 1040 g/mol. The highest BCUT2D eigenvalue weighted by atomic mass is 15.2. The minimum atomic E-state index is 0.248.